The van der Waals surface area contributed by atoms with Crippen molar-refractivity contribution < 1.29 is 14.3 Å². The van der Waals surface area contributed by atoms with Gasteiger partial charge in [-0.2, -0.15) is 0 Å². The standard InChI is InChI=1S/C4H6O3.In.3H/c1-3(5)7-4(2)6;;;;/h1-2H3;;;;. The van der Waals surface area contributed by atoms with E-state index in [1.165, 1.54) is 13.8 Å². The fraction of sp³-hybridized carbons (Fsp3) is 0.500. The number of hydrogen-bond donors (Lipinski definition) is 0. The quantitative estimate of drug-likeness (QED) is 0.385. The molecule has 0 bridgehead atoms. The third kappa shape index (κ3) is 9.38. The molecule has 3 nitrogen and oxygen atoms in total. The second-order valence-electron chi connectivity index (χ2n) is 1.09. The molecule has 0 amide bonds. The van der Waals surface area contributed by atoms with Crippen molar-refractivity contribution in [2.75, 3.05) is 0 Å². The van der Waals surface area contributed by atoms with Gasteiger partial charge in [0.2, 0.25) is 0 Å². The molecule has 0 spiro atoms. The third-order valence-electron chi connectivity index (χ3n) is 0.287. The third-order valence-corrected chi connectivity index (χ3v) is 0.287. The van der Waals surface area contributed by atoms with Crippen LogP contribution in [0.1, 0.15) is 13.8 Å². The average molecular weight is 220 g/mol. The van der Waals surface area contributed by atoms with Crippen LogP contribution in [0, 0.1) is 0 Å². The van der Waals surface area contributed by atoms with Crippen molar-refractivity contribution in [1.29, 1.82) is 0 Å². The first kappa shape index (κ1) is 10.9. The van der Waals surface area contributed by atoms with Crippen LogP contribution in [0.15, 0.2) is 0 Å². The predicted molar refractivity (Wildman–Crippen MR) is 32.4 cm³/mol. The van der Waals surface area contributed by atoms with Crippen LogP contribution in [-0.2, 0) is 14.3 Å². The van der Waals surface area contributed by atoms with Gasteiger partial charge in [-0.15, -0.1) is 0 Å². The molecule has 0 aromatic heterocycles. The van der Waals surface area contributed by atoms with Crippen LogP contribution in [0.25, 0.3) is 0 Å². The zero-order valence-corrected chi connectivity index (χ0v) is 4.22. The van der Waals surface area contributed by atoms with E-state index in [-0.39, 0.29) is 25.8 Å². The van der Waals surface area contributed by atoms with E-state index in [4.69, 9.17) is 0 Å². The molecule has 0 radical (unpaired) electrons. The molecule has 8 heavy (non-hydrogen) atoms. The van der Waals surface area contributed by atoms with E-state index in [9.17, 15) is 9.59 Å². The van der Waals surface area contributed by atoms with Gasteiger partial charge in [-0.05, 0) is 0 Å². The Morgan fingerprint density at radius 3 is 1.38 bits per heavy atom. The molecule has 0 N–H and O–H groups in total. The van der Waals surface area contributed by atoms with Crippen LogP contribution in [0.5, 0.6) is 0 Å². The normalized spacial score (nSPS) is 6.75. The summed E-state index contributed by atoms with van der Waals surface area (Å²) < 4.78 is 3.97. The minimum atomic E-state index is -0.562. The first-order chi connectivity index (χ1) is 3.13. The fourth-order valence-electron chi connectivity index (χ4n) is 0.202. The molecule has 0 rings (SSSR count). The maximum absolute atomic E-state index is 9.81. The van der Waals surface area contributed by atoms with E-state index < -0.39 is 11.9 Å². The number of rotatable bonds is 0. The summed E-state index contributed by atoms with van der Waals surface area (Å²) in [7, 11) is 0. The van der Waals surface area contributed by atoms with Gasteiger partial charge in [-0.1, -0.05) is 0 Å². The van der Waals surface area contributed by atoms with Crippen molar-refractivity contribution >= 4 is 37.8 Å². The van der Waals surface area contributed by atoms with Crippen molar-refractivity contribution in [2.24, 2.45) is 0 Å². The van der Waals surface area contributed by atoms with Gasteiger partial charge in [0.15, 0.2) is 0 Å². The molecule has 0 atom stereocenters. The van der Waals surface area contributed by atoms with Gasteiger partial charge in [-0.3, -0.25) is 9.59 Å². The Morgan fingerprint density at radius 2 is 1.38 bits per heavy atom. The molecular weight excluding hydrogens is 211 g/mol. The molecule has 0 aromatic rings. The fourth-order valence-corrected chi connectivity index (χ4v) is 0.202. The van der Waals surface area contributed by atoms with E-state index in [1.807, 2.05) is 0 Å². The van der Waals surface area contributed by atoms with E-state index >= 15 is 0 Å². The van der Waals surface area contributed by atoms with Crippen molar-refractivity contribution in [2.45, 2.75) is 13.8 Å². The Balaban J connectivity index is 0. The Morgan fingerprint density at radius 1 is 1.12 bits per heavy atom. The number of carbonyl (C=O) groups is 2. The van der Waals surface area contributed by atoms with Crippen molar-refractivity contribution in [3.63, 3.8) is 0 Å². The second-order valence-corrected chi connectivity index (χ2v) is 1.09. The summed E-state index contributed by atoms with van der Waals surface area (Å²) in [5.41, 5.74) is 0. The Kier molecular flexibility index (Phi) is 7.02. The molecule has 0 unspecified atom stereocenters. The van der Waals surface area contributed by atoms with Gasteiger partial charge >= 0.3 is 37.8 Å². The number of hydrogen-bond acceptors (Lipinski definition) is 3. The summed E-state index contributed by atoms with van der Waals surface area (Å²) in [6.07, 6.45) is 0. The molecular formula is C4H9InO3. The molecule has 0 saturated heterocycles. The molecule has 0 heterocycles. The van der Waals surface area contributed by atoms with Gasteiger partial charge in [0.05, 0.1) is 0 Å². The van der Waals surface area contributed by atoms with E-state index in [1.54, 1.807) is 0 Å². The van der Waals surface area contributed by atoms with Gasteiger partial charge in [0.1, 0.15) is 0 Å². The Bertz CT molecular complexity index is 87.5. The summed E-state index contributed by atoms with van der Waals surface area (Å²) in [5, 5.41) is 0. The first-order valence-electron chi connectivity index (χ1n) is 1.82. The molecule has 46 valence electrons. The van der Waals surface area contributed by atoms with Gasteiger partial charge in [0, 0.05) is 13.8 Å². The monoisotopic (exact) mass is 220 g/mol. The summed E-state index contributed by atoms with van der Waals surface area (Å²) in [4.78, 5) is 19.6. The minimum absolute atomic E-state index is 0. The Hall–Kier alpha value is 0.0101. The molecule has 0 aromatic carbocycles. The molecule has 4 heteroatoms. The number of esters is 2. The number of ether oxygens (including phenoxy) is 1. The molecule has 0 saturated carbocycles. The topological polar surface area (TPSA) is 43.4 Å². The summed E-state index contributed by atoms with van der Waals surface area (Å²) >= 11 is 0. The van der Waals surface area contributed by atoms with E-state index in [0.717, 1.165) is 0 Å². The average Bonchev–Trinajstić information content (AvgIpc) is 1.27. The van der Waals surface area contributed by atoms with Crippen LogP contribution in [0.3, 0.4) is 0 Å². The summed E-state index contributed by atoms with van der Waals surface area (Å²) in [6, 6.07) is 0. The van der Waals surface area contributed by atoms with Crippen LogP contribution in [0.4, 0.5) is 0 Å². The van der Waals surface area contributed by atoms with Crippen LogP contribution in [0.2, 0.25) is 0 Å². The summed E-state index contributed by atoms with van der Waals surface area (Å²) in [6.45, 7) is 2.36. The number of carbonyl (C=O) groups excluding carboxylic acids is 2. The van der Waals surface area contributed by atoms with Crippen LogP contribution < -0.4 is 0 Å². The van der Waals surface area contributed by atoms with Crippen LogP contribution in [-0.4, -0.2) is 37.8 Å². The van der Waals surface area contributed by atoms with E-state index in [2.05, 4.69) is 4.74 Å². The molecule has 0 fully saturated rings. The van der Waals surface area contributed by atoms with Gasteiger partial charge in [0.25, 0.3) is 0 Å². The molecule has 0 aliphatic carbocycles. The van der Waals surface area contributed by atoms with E-state index in [0.29, 0.717) is 0 Å². The SMILES string of the molecule is CC(=O)OC(C)=O.[InH3]. The molecule has 0 aliphatic rings. The maximum atomic E-state index is 9.81. The second kappa shape index (κ2) is 5.15. The van der Waals surface area contributed by atoms with Crippen molar-refractivity contribution in [3.8, 4) is 0 Å². The zero-order valence-electron chi connectivity index (χ0n) is 4.22. The van der Waals surface area contributed by atoms with Crippen molar-refractivity contribution in [3.05, 3.63) is 0 Å². The van der Waals surface area contributed by atoms with Gasteiger partial charge in [-0.25, -0.2) is 0 Å². The van der Waals surface area contributed by atoms with Gasteiger partial charge < -0.3 is 4.74 Å². The Labute approximate surface area is 66.2 Å². The summed E-state index contributed by atoms with van der Waals surface area (Å²) in [5.74, 6) is -1.12. The van der Waals surface area contributed by atoms with Crippen LogP contribution >= 0.6 is 0 Å². The van der Waals surface area contributed by atoms with Crippen molar-refractivity contribution in [1.82, 2.24) is 0 Å². The predicted octanol–water partition coefficient (Wildman–Crippen LogP) is -1.09. The zero-order chi connectivity index (χ0) is 5.86. The first-order valence-corrected chi connectivity index (χ1v) is 1.82. The molecule has 0 aliphatic heterocycles.